The summed E-state index contributed by atoms with van der Waals surface area (Å²) in [5, 5.41) is 1.09. The summed E-state index contributed by atoms with van der Waals surface area (Å²) in [6, 6.07) is 2.41. The Kier molecular flexibility index (Phi) is 5.92. The summed E-state index contributed by atoms with van der Waals surface area (Å²) in [5.74, 6) is 1.90. The molecule has 0 amide bonds. The standard InChI is InChI=1S/C16H18N4.2C2H6/c1-9-8-12-14-15(17-9)10(2)13-6-4-5-7-20(13)16(14)19-11(3)18-12;2*1-2/h8,13H,2,4-7H2,1,3H3;2*1-2H3. The first-order valence-electron chi connectivity index (χ1n) is 9.27. The summed E-state index contributed by atoms with van der Waals surface area (Å²) in [4.78, 5) is 16.4. The van der Waals surface area contributed by atoms with Gasteiger partial charge in [0.05, 0.1) is 22.6 Å². The molecular formula is C20H30N4. The molecule has 0 N–H and O–H groups in total. The normalized spacial score (nSPS) is 18.2. The maximum Gasteiger partial charge on any atom is 0.142 e. The van der Waals surface area contributed by atoms with Crippen molar-refractivity contribution in [2.75, 3.05) is 11.4 Å². The number of nitrogens with zero attached hydrogens (tertiary/aromatic N) is 4. The van der Waals surface area contributed by atoms with Crippen molar-refractivity contribution in [3.05, 3.63) is 29.9 Å². The van der Waals surface area contributed by atoms with Crippen LogP contribution >= 0.6 is 0 Å². The van der Waals surface area contributed by atoms with Gasteiger partial charge in [-0.25, -0.2) is 9.97 Å². The van der Waals surface area contributed by atoms with E-state index in [4.69, 9.17) is 9.97 Å². The van der Waals surface area contributed by atoms with Gasteiger partial charge in [-0.1, -0.05) is 34.3 Å². The molecule has 24 heavy (non-hydrogen) atoms. The van der Waals surface area contributed by atoms with Gasteiger partial charge in [0.2, 0.25) is 0 Å². The largest absolute Gasteiger partial charge is 0.349 e. The molecule has 0 aromatic carbocycles. The number of anilines is 1. The van der Waals surface area contributed by atoms with Crippen molar-refractivity contribution in [3.8, 4) is 0 Å². The zero-order valence-corrected chi connectivity index (χ0v) is 16.0. The minimum absolute atomic E-state index is 0.364. The SMILES string of the molecule is C=C1c2nc(C)cc3nc(C)nc(c23)N2CCCCC12.CC.CC. The van der Waals surface area contributed by atoms with E-state index in [1.807, 2.05) is 41.5 Å². The zero-order valence-electron chi connectivity index (χ0n) is 16.0. The molecule has 4 nitrogen and oxygen atoms in total. The lowest BCUT2D eigenvalue weighted by molar-refractivity contribution is 0.516. The van der Waals surface area contributed by atoms with Crippen LogP contribution in [0.3, 0.4) is 0 Å². The van der Waals surface area contributed by atoms with Crippen molar-refractivity contribution in [1.29, 1.82) is 0 Å². The highest BCUT2D eigenvalue weighted by atomic mass is 15.2. The Balaban J connectivity index is 0.000000487. The second-order valence-corrected chi connectivity index (χ2v) is 5.83. The van der Waals surface area contributed by atoms with E-state index in [0.717, 1.165) is 52.5 Å². The number of hydrogen-bond donors (Lipinski definition) is 0. The molecule has 1 atom stereocenters. The topological polar surface area (TPSA) is 41.9 Å². The van der Waals surface area contributed by atoms with Crippen LogP contribution in [0.2, 0.25) is 0 Å². The van der Waals surface area contributed by atoms with E-state index in [9.17, 15) is 0 Å². The lowest BCUT2D eigenvalue weighted by Crippen LogP contribution is -2.43. The first kappa shape index (κ1) is 18.4. The molecule has 2 aromatic heterocycles. The Labute approximate surface area is 146 Å². The maximum absolute atomic E-state index is 4.73. The first-order chi connectivity index (χ1) is 11.6. The quantitative estimate of drug-likeness (QED) is 0.677. The molecule has 0 radical (unpaired) electrons. The number of hydrogen-bond acceptors (Lipinski definition) is 4. The third-order valence-electron chi connectivity index (χ3n) is 4.38. The highest BCUT2D eigenvalue weighted by Crippen LogP contribution is 2.42. The highest BCUT2D eigenvalue weighted by Gasteiger charge is 2.34. The molecule has 130 valence electrons. The maximum atomic E-state index is 4.73. The Bertz CT molecular complexity index is 731. The van der Waals surface area contributed by atoms with Crippen molar-refractivity contribution in [1.82, 2.24) is 15.0 Å². The van der Waals surface area contributed by atoms with Gasteiger partial charge in [0, 0.05) is 12.2 Å². The first-order valence-corrected chi connectivity index (χ1v) is 9.27. The summed E-state index contributed by atoms with van der Waals surface area (Å²) in [5.41, 5.74) is 4.15. The molecule has 4 heteroatoms. The molecule has 1 unspecified atom stereocenters. The third kappa shape index (κ3) is 3.02. The van der Waals surface area contributed by atoms with E-state index >= 15 is 0 Å². The number of rotatable bonds is 0. The van der Waals surface area contributed by atoms with Crippen molar-refractivity contribution in [3.63, 3.8) is 0 Å². The second-order valence-electron chi connectivity index (χ2n) is 5.83. The van der Waals surface area contributed by atoms with E-state index in [1.54, 1.807) is 0 Å². The van der Waals surface area contributed by atoms with Crippen molar-refractivity contribution >= 4 is 22.3 Å². The number of fused-ring (bicyclic) bond motifs is 2. The fourth-order valence-electron chi connectivity index (χ4n) is 3.52. The Morgan fingerprint density at radius 3 is 2.46 bits per heavy atom. The monoisotopic (exact) mass is 326 g/mol. The average Bonchev–Trinajstić information content (AvgIpc) is 2.62. The molecule has 0 saturated carbocycles. The van der Waals surface area contributed by atoms with Gasteiger partial charge in [-0.15, -0.1) is 0 Å². The van der Waals surface area contributed by atoms with Crippen molar-refractivity contribution < 1.29 is 0 Å². The Morgan fingerprint density at radius 2 is 1.75 bits per heavy atom. The molecular weight excluding hydrogens is 296 g/mol. The van der Waals surface area contributed by atoms with Gasteiger partial charge >= 0.3 is 0 Å². The average molecular weight is 326 g/mol. The lowest BCUT2D eigenvalue weighted by atomic mass is 9.88. The van der Waals surface area contributed by atoms with Crippen LogP contribution in [-0.2, 0) is 0 Å². The van der Waals surface area contributed by atoms with Crippen LogP contribution in [0.15, 0.2) is 12.6 Å². The second kappa shape index (κ2) is 7.73. The number of pyridine rings is 1. The molecule has 4 heterocycles. The Hall–Kier alpha value is -1.97. The molecule has 0 aliphatic carbocycles. The van der Waals surface area contributed by atoms with Crippen LogP contribution in [0, 0.1) is 13.8 Å². The molecule has 1 fully saturated rings. The van der Waals surface area contributed by atoms with Gasteiger partial charge in [0.1, 0.15) is 11.6 Å². The fraction of sp³-hybridized carbons (Fsp3) is 0.550. The van der Waals surface area contributed by atoms with Crippen LogP contribution in [0.5, 0.6) is 0 Å². The third-order valence-corrected chi connectivity index (χ3v) is 4.38. The van der Waals surface area contributed by atoms with Crippen molar-refractivity contribution in [2.24, 2.45) is 0 Å². The summed E-state index contributed by atoms with van der Waals surface area (Å²) in [6.45, 7) is 17.4. The van der Waals surface area contributed by atoms with Crippen molar-refractivity contribution in [2.45, 2.75) is 66.8 Å². The van der Waals surface area contributed by atoms with Crippen LogP contribution < -0.4 is 4.90 Å². The Morgan fingerprint density at radius 1 is 1.04 bits per heavy atom. The van der Waals surface area contributed by atoms with Gasteiger partial charge in [-0.2, -0.15) is 0 Å². The minimum Gasteiger partial charge on any atom is -0.349 e. The fourth-order valence-corrected chi connectivity index (χ4v) is 3.52. The summed E-state index contributed by atoms with van der Waals surface area (Å²) in [6.07, 6.45) is 3.63. The highest BCUT2D eigenvalue weighted by molar-refractivity contribution is 6.02. The summed E-state index contributed by atoms with van der Waals surface area (Å²) in [7, 11) is 0. The van der Waals surface area contributed by atoms with Crippen LogP contribution in [0.25, 0.3) is 16.5 Å². The molecule has 2 aliphatic rings. The van der Waals surface area contributed by atoms with E-state index in [1.165, 1.54) is 12.8 Å². The smallest absolute Gasteiger partial charge is 0.142 e. The minimum atomic E-state index is 0.364. The molecule has 4 rings (SSSR count). The van der Waals surface area contributed by atoms with Crippen LogP contribution in [0.1, 0.15) is 64.2 Å². The molecule has 1 saturated heterocycles. The van der Waals surface area contributed by atoms with E-state index in [2.05, 4.69) is 22.5 Å². The van der Waals surface area contributed by atoms with E-state index in [0.29, 0.717) is 6.04 Å². The number of aromatic nitrogens is 3. The molecule has 0 bridgehead atoms. The predicted octanol–water partition coefficient (Wildman–Crippen LogP) is 5.08. The number of aryl methyl sites for hydroxylation is 2. The van der Waals surface area contributed by atoms with Gasteiger partial charge in [0.25, 0.3) is 0 Å². The molecule has 0 spiro atoms. The van der Waals surface area contributed by atoms with E-state index < -0.39 is 0 Å². The van der Waals surface area contributed by atoms with Gasteiger partial charge < -0.3 is 4.90 Å². The lowest BCUT2D eigenvalue weighted by Gasteiger charge is -2.41. The number of piperidine rings is 1. The van der Waals surface area contributed by atoms with Gasteiger partial charge in [-0.05, 0) is 44.7 Å². The zero-order chi connectivity index (χ0) is 17.9. The van der Waals surface area contributed by atoms with Crippen LogP contribution in [0.4, 0.5) is 5.82 Å². The molecule has 2 aromatic rings. The molecule has 2 aliphatic heterocycles. The predicted molar refractivity (Wildman–Crippen MR) is 104 cm³/mol. The van der Waals surface area contributed by atoms with Crippen LogP contribution in [-0.4, -0.2) is 27.5 Å². The summed E-state index contributed by atoms with van der Waals surface area (Å²) < 4.78 is 0. The van der Waals surface area contributed by atoms with Gasteiger partial charge in [0.15, 0.2) is 0 Å². The van der Waals surface area contributed by atoms with Gasteiger partial charge in [-0.3, -0.25) is 4.98 Å². The summed E-state index contributed by atoms with van der Waals surface area (Å²) >= 11 is 0. The van der Waals surface area contributed by atoms with E-state index in [-0.39, 0.29) is 0 Å².